The number of aliphatic imine (C=N–C) groups is 1. The van der Waals surface area contributed by atoms with Crippen molar-refractivity contribution in [2.24, 2.45) is 4.99 Å². The Hall–Kier alpha value is -2.37. The zero-order chi connectivity index (χ0) is 18.5. The molecule has 1 aliphatic heterocycles. The molecule has 0 bridgehead atoms. The number of nitrogens with zero attached hydrogens (tertiary/aromatic N) is 2. The smallest absolute Gasteiger partial charge is 0.166 e. The van der Waals surface area contributed by atoms with E-state index in [0.717, 1.165) is 55.2 Å². The molecule has 1 fully saturated rings. The maximum Gasteiger partial charge on any atom is 0.166 e. The van der Waals surface area contributed by atoms with E-state index in [2.05, 4.69) is 22.0 Å². The van der Waals surface area contributed by atoms with Crippen LogP contribution in [0.4, 0.5) is 5.69 Å². The molecule has 5 nitrogen and oxygen atoms in total. The summed E-state index contributed by atoms with van der Waals surface area (Å²) in [6.07, 6.45) is 1.71. The molecule has 1 saturated heterocycles. The normalized spacial score (nSPS) is 15.5. The van der Waals surface area contributed by atoms with Crippen molar-refractivity contribution in [3.63, 3.8) is 0 Å². The topological polar surface area (TPSA) is 54.3 Å². The first-order chi connectivity index (χ1) is 12.6. The van der Waals surface area contributed by atoms with Crippen LogP contribution < -0.4 is 4.74 Å². The van der Waals surface area contributed by atoms with E-state index in [1.54, 1.807) is 13.3 Å². The van der Waals surface area contributed by atoms with Crippen molar-refractivity contribution in [2.45, 2.75) is 20.4 Å². The van der Waals surface area contributed by atoms with E-state index in [0.29, 0.717) is 11.3 Å². The summed E-state index contributed by atoms with van der Waals surface area (Å²) in [6.45, 7) is 8.21. The summed E-state index contributed by atoms with van der Waals surface area (Å²) in [5, 5.41) is 10.5. The Morgan fingerprint density at radius 1 is 1.19 bits per heavy atom. The van der Waals surface area contributed by atoms with E-state index in [4.69, 9.17) is 9.47 Å². The van der Waals surface area contributed by atoms with Crippen molar-refractivity contribution in [1.82, 2.24) is 4.90 Å². The van der Waals surface area contributed by atoms with Crippen LogP contribution in [-0.2, 0) is 11.3 Å². The Bertz CT molecular complexity index is 796. The van der Waals surface area contributed by atoms with Crippen LogP contribution in [0, 0.1) is 13.8 Å². The standard InChI is InChI=1S/C21H26N2O3/c1-15-4-5-16(2)19(10-15)22-13-18-11-17(12-20(25-3)21(18)24)14-23-6-8-26-9-7-23/h4-5,10-13,24H,6-9,14H2,1-3H3. The molecular weight excluding hydrogens is 328 g/mol. The van der Waals surface area contributed by atoms with Gasteiger partial charge in [0.15, 0.2) is 11.5 Å². The third kappa shape index (κ3) is 4.42. The van der Waals surface area contributed by atoms with Gasteiger partial charge in [-0.05, 0) is 48.7 Å². The molecular formula is C21H26N2O3. The molecule has 0 spiro atoms. The zero-order valence-electron chi connectivity index (χ0n) is 15.7. The van der Waals surface area contributed by atoms with Crippen molar-refractivity contribution in [3.8, 4) is 11.5 Å². The van der Waals surface area contributed by atoms with Gasteiger partial charge in [0.2, 0.25) is 0 Å². The highest BCUT2D eigenvalue weighted by Crippen LogP contribution is 2.32. The fourth-order valence-electron chi connectivity index (χ4n) is 3.05. The Morgan fingerprint density at radius 2 is 1.96 bits per heavy atom. The molecule has 0 unspecified atom stereocenters. The molecule has 0 aromatic heterocycles. The number of aromatic hydroxyl groups is 1. The monoisotopic (exact) mass is 354 g/mol. The van der Waals surface area contributed by atoms with Gasteiger partial charge in [0.1, 0.15) is 0 Å². The van der Waals surface area contributed by atoms with Gasteiger partial charge in [-0.2, -0.15) is 0 Å². The number of phenols is 1. The second-order valence-electron chi connectivity index (χ2n) is 6.67. The van der Waals surface area contributed by atoms with Gasteiger partial charge in [-0.1, -0.05) is 12.1 Å². The highest BCUT2D eigenvalue weighted by molar-refractivity contribution is 5.87. The Balaban J connectivity index is 1.88. The number of hydrogen-bond donors (Lipinski definition) is 1. The first-order valence-corrected chi connectivity index (χ1v) is 8.88. The molecule has 2 aromatic rings. The lowest BCUT2D eigenvalue weighted by Gasteiger charge is -2.26. The van der Waals surface area contributed by atoms with Crippen LogP contribution in [0.25, 0.3) is 0 Å². The number of rotatable bonds is 5. The highest BCUT2D eigenvalue weighted by atomic mass is 16.5. The van der Waals surface area contributed by atoms with Crippen molar-refractivity contribution >= 4 is 11.9 Å². The van der Waals surface area contributed by atoms with Crippen LogP contribution in [0.1, 0.15) is 22.3 Å². The summed E-state index contributed by atoms with van der Waals surface area (Å²) in [5.41, 5.74) is 4.91. The predicted molar refractivity (Wildman–Crippen MR) is 104 cm³/mol. The summed E-state index contributed by atoms with van der Waals surface area (Å²) in [4.78, 5) is 6.92. The van der Waals surface area contributed by atoms with E-state index in [9.17, 15) is 5.11 Å². The van der Waals surface area contributed by atoms with Crippen molar-refractivity contribution in [1.29, 1.82) is 0 Å². The van der Waals surface area contributed by atoms with E-state index in [1.165, 1.54) is 0 Å². The molecule has 26 heavy (non-hydrogen) atoms. The van der Waals surface area contributed by atoms with Crippen molar-refractivity contribution in [2.75, 3.05) is 33.4 Å². The van der Waals surface area contributed by atoms with Gasteiger partial charge >= 0.3 is 0 Å². The molecule has 0 atom stereocenters. The number of hydrogen-bond acceptors (Lipinski definition) is 5. The quantitative estimate of drug-likeness (QED) is 0.834. The lowest BCUT2D eigenvalue weighted by atomic mass is 10.1. The number of ether oxygens (including phenoxy) is 2. The van der Waals surface area contributed by atoms with Crippen LogP contribution >= 0.6 is 0 Å². The molecule has 138 valence electrons. The Morgan fingerprint density at radius 3 is 2.69 bits per heavy atom. The predicted octanol–water partition coefficient (Wildman–Crippen LogP) is 3.60. The van der Waals surface area contributed by atoms with Gasteiger partial charge in [-0.15, -0.1) is 0 Å². The van der Waals surface area contributed by atoms with Crippen molar-refractivity contribution in [3.05, 3.63) is 52.6 Å². The second-order valence-corrected chi connectivity index (χ2v) is 6.67. The maximum atomic E-state index is 10.5. The van der Waals surface area contributed by atoms with E-state index < -0.39 is 0 Å². The zero-order valence-corrected chi connectivity index (χ0v) is 15.7. The van der Waals surface area contributed by atoms with Gasteiger partial charge in [0, 0.05) is 31.4 Å². The van der Waals surface area contributed by atoms with Crippen molar-refractivity contribution < 1.29 is 14.6 Å². The lowest BCUT2D eigenvalue weighted by molar-refractivity contribution is 0.0341. The van der Waals surface area contributed by atoms with Crippen LogP contribution in [0.3, 0.4) is 0 Å². The van der Waals surface area contributed by atoms with Crippen LogP contribution in [0.15, 0.2) is 35.3 Å². The summed E-state index contributed by atoms with van der Waals surface area (Å²) in [7, 11) is 1.57. The fraction of sp³-hybridized carbons (Fsp3) is 0.381. The number of methoxy groups -OCH3 is 1. The first kappa shape index (κ1) is 18.4. The van der Waals surface area contributed by atoms with E-state index in [1.807, 2.05) is 32.0 Å². The number of phenolic OH excluding ortho intramolecular Hbond substituents is 1. The van der Waals surface area contributed by atoms with Gasteiger partial charge < -0.3 is 14.6 Å². The van der Waals surface area contributed by atoms with Gasteiger partial charge in [0.05, 0.1) is 26.0 Å². The molecule has 2 aromatic carbocycles. The minimum Gasteiger partial charge on any atom is -0.504 e. The average Bonchev–Trinajstić information content (AvgIpc) is 2.65. The minimum absolute atomic E-state index is 0.118. The first-order valence-electron chi connectivity index (χ1n) is 8.88. The molecule has 3 rings (SSSR count). The summed E-state index contributed by atoms with van der Waals surface area (Å²) >= 11 is 0. The third-order valence-electron chi connectivity index (χ3n) is 4.60. The maximum absolute atomic E-state index is 10.5. The van der Waals surface area contributed by atoms with Crippen LogP contribution in [0.2, 0.25) is 0 Å². The summed E-state index contributed by atoms with van der Waals surface area (Å²) < 4.78 is 10.8. The highest BCUT2D eigenvalue weighted by Gasteiger charge is 2.14. The third-order valence-corrected chi connectivity index (χ3v) is 4.60. The summed E-state index contributed by atoms with van der Waals surface area (Å²) in [5.74, 6) is 0.588. The van der Waals surface area contributed by atoms with Gasteiger partial charge in [0.25, 0.3) is 0 Å². The second kappa shape index (κ2) is 8.34. The number of morpholine rings is 1. The number of aryl methyl sites for hydroxylation is 2. The summed E-state index contributed by atoms with van der Waals surface area (Å²) in [6, 6.07) is 10.0. The van der Waals surface area contributed by atoms with Gasteiger partial charge in [-0.25, -0.2) is 0 Å². The molecule has 0 aliphatic carbocycles. The van der Waals surface area contributed by atoms with Crippen LogP contribution in [-0.4, -0.2) is 49.6 Å². The Labute approximate surface area is 154 Å². The fourth-order valence-corrected chi connectivity index (χ4v) is 3.05. The van der Waals surface area contributed by atoms with E-state index >= 15 is 0 Å². The largest absolute Gasteiger partial charge is 0.504 e. The molecule has 1 N–H and O–H groups in total. The Kier molecular flexibility index (Phi) is 5.91. The molecule has 0 saturated carbocycles. The SMILES string of the molecule is COc1cc(CN2CCOCC2)cc(C=Nc2cc(C)ccc2C)c1O. The number of benzene rings is 2. The molecule has 1 heterocycles. The molecule has 0 amide bonds. The van der Waals surface area contributed by atoms with E-state index in [-0.39, 0.29) is 5.75 Å². The minimum atomic E-state index is 0.118. The van der Waals surface area contributed by atoms with Gasteiger partial charge in [-0.3, -0.25) is 9.89 Å². The van der Waals surface area contributed by atoms with Crippen LogP contribution in [0.5, 0.6) is 11.5 Å². The molecule has 5 heteroatoms. The average molecular weight is 354 g/mol. The lowest BCUT2D eigenvalue weighted by Crippen LogP contribution is -2.35. The molecule has 0 radical (unpaired) electrons. The molecule has 1 aliphatic rings.